The van der Waals surface area contributed by atoms with Gasteiger partial charge >= 0.3 is 0 Å². The molecule has 1 amide bonds. The summed E-state index contributed by atoms with van der Waals surface area (Å²) in [5.74, 6) is 0.347. The van der Waals surface area contributed by atoms with Gasteiger partial charge in [-0.1, -0.05) is 6.42 Å². The summed E-state index contributed by atoms with van der Waals surface area (Å²) in [5, 5.41) is 12.6. The average molecular weight is 438 g/mol. The van der Waals surface area contributed by atoms with Gasteiger partial charge in [0.25, 0.3) is 5.91 Å². The Morgan fingerprint density at radius 3 is 3.00 bits per heavy atom. The number of aliphatic hydroxyl groups is 1. The summed E-state index contributed by atoms with van der Waals surface area (Å²) in [6.07, 6.45) is 3.64. The number of halogens is 2. The molecule has 0 heterocycles. The zero-order chi connectivity index (χ0) is 13.8. The molecule has 1 aromatic rings. The fourth-order valence-corrected chi connectivity index (χ4v) is 3.37. The molecular weight excluding hydrogens is 421 g/mol. The van der Waals surface area contributed by atoms with Gasteiger partial charge in [0.1, 0.15) is 0 Å². The third-order valence-electron chi connectivity index (χ3n) is 3.48. The summed E-state index contributed by atoms with van der Waals surface area (Å²) in [7, 11) is 0. The van der Waals surface area contributed by atoms with Crippen LogP contribution < -0.4 is 5.32 Å². The van der Waals surface area contributed by atoms with Gasteiger partial charge in [0, 0.05) is 14.6 Å². The van der Waals surface area contributed by atoms with Gasteiger partial charge in [0.2, 0.25) is 0 Å². The standard InChI is InChI=1S/C14H17BrINO2/c15-13-5-4-10(16)7-12(13)14(19)17-8-9-2-1-3-11(18)6-9/h4-5,7,9,11,18H,1-3,6,8H2,(H,17,19). The Balaban J connectivity index is 1.92. The van der Waals surface area contributed by atoms with E-state index in [1.807, 2.05) is 18.2 Å². The summed E-state index contributed by atoms with van der Waals surface area (Å²) in [6, 6.07) is 5.72. The molecule has 0 spiro atoms. The van der Waals surface area contributed by atoms with Crippen LogP contribution in [-0.4, -0.2) is 23.7 Å². The smallest absolute Gasteiger partial charge is 0.252 e. The highest BCUT2D eigenvalue weighted by Gasteiger charge is 2.21. The Bertz CT molecular complexity index is 467. The SMILES string of the molecule is O=C(NCC1CCCC(O)C1)c1cc(I)ccc1Br. The molecule has 19 heavy (non-hydrogen) atoms. The van der Waals surface area contributed by atoms with E-state index in [4.69, 9.17) is 0 Å². The summed E-state index contributed by atoms with van der Waals surface area (Å²) < 4.78 is 1.85. The van der Waals surface area contributed by atoms with E-state index in [9.17, 15) is 9.90 Å². The van der Waals surface area contributed by atoms with Crippen molar-refractivity contribution in [3.05, 3.63) is 31.8 Å². The van der Waals surface area contributed by atoms with E-state index in [0.29, 0.717) is 18.0 Å². The molecule has 0 aliphatic heterocycles. The van der Waals surface area contributed by atoms with Crippen LogP contribution in [-0.2, 0) is 0 Å². The first-order chi connectivity index (χ1) is 9.06. The van der Waals surface area contributed by atoms with Crippen LogP contribution in [0.1, 0.15) is 36.0 Å². The molecule has 2 N–H and O–H groups in total. The Morgan fingerprint density at radius 2 is 2.26 bits per heavy atom. The van der Waals surface area contributed by atoms with Crippen molar-refractivity contribution in [2.75, 3.05) is 6.54 Å². The molecule has 104 valence electrons. The van der Waals surface area contributed by atoms with E-state index in [1.54, 1.807) is 0 Å². The number of nitrogens with one attached hydrogen (secondary N) is 1. The van der Waals surface area contributed by atoms with Gasteiger partial charge in [-0.2, -0.15) is 0 Å². The number of amides is 1. The van der Waals surface area contributed by atoms with E-state index in [-0.39, 0.29) is 12.0 Å². The normalized spacial score (nSPS) is 23.1. The lowest BCUT2D eigenvalue weighted by molar-refractivity contribution is 0.0873. The molecule has 0 aromatic heterocycles. The zero-order valence-corrected chi connectivity index (χ0v) is 14.3. The van der Waals surface area contributed by atoms with Crippen LogP contribution in [0.15, 0.2) is 22.7 Å². The lowest BCUT2D eigenvalue weighted by Crippen LogP contribution is -2.33. The third-order valence-corrected chi connectivity index (χ3v) is 4.84. The number of hydrogen-bond donors (Lipinski definition) is 2. The fraction of sp³-hybridized carbons (Fsp3) is 0.500. The van der Waals surface area contributed by atoms with Gasteiger partial charge in [-0.05, 0) is 81.9 Å². The first-order valence-electron chi connectivity index (χ1n) is 6.47. The lowest BCUT2D eigenvalue weighted by atomic mass is 9.87. The monoisotopic (exact) mass is 437 g/mol. The highest BCUT2D eigenvalue weighted by molar-refractivity contribution is 14.1. The predicted octanol–water partition coefficient (Wildman–Crippen LogP) is 3.33. The van der Waals surface area contributed by atoms with Gasteiger partial charge in [-0.25, -0.2) is 0 Å². The summed E-state index contributed by atoms with van der Waals surface area (Å²) in [6.45, 7) is 0.647. The number of carbonyl (C=O) groups is 1. The van der Waals surface area contributed by atoms with E-state index in [0.717, 1.165) is 33.7 Å². The quantitative estimate of drug-likeness (QED) is 0.712. The van der Waals surface area contributed by atoms with Crippen LogP contribution in [0.25, 0.3) is 0 Å². The fourth-order valence-electron chi connectivity index (χ4n) is 2.45. The first kappa shape index (κ1) is 15.3. The molecule has 2 unspecified atom stereocenters. The van der Waals surface area contributed by atoms with Crippen LogP contribution in [0, 0.1) is 9.49 Å². The van der Waals surface area contributed by atoms with Gasteiger partial charge in [-0.3, -0.25) is 4.79 Å². The Kier molecular flexibility index (Phi) is 5.65. The molecule has 1 fully saturated rings. The zero-order valence-electron chi connectivity index (χ0n) is 10.5. The highest BCUT2D eigenvalue weighted by atomic mass is 127. The van der Waals surface area contributed by atoms with Crippen molar-refractivity contribution in [3.63, 3.8) is 0 Å². The molecule has 0 bridgehead atoms. The summed E-state index contributed by atoms with van der Waals surface area (Å²) in [5.41, 5.74) is 0.670. The summed E-state index contributed by atoms with van der Waals surface area (Å²) in [4.78, 5) is 12.1. The minimum absolute atomic E-state index is 0.0505. The Hall–Kier alpha value is -0.140. The van der Waals surface area contributed by atoms with Crippen LogP contribution >= 0.6 is 38.5 Å². The predicted molar refractivity (Wildman–Crippen MR) is 87.2 cm³/mol. The van der Waals surface area contributed by atoms with Crippen LogP contribution in [0.5, 0.6) is 0 Å². The lowest BCUT2D eigenvalue weighted by Gasteiger charge is -2.25. The number of carbonyl (C=O) groups excluding carboxylic acids is 1. The van der Waals surface area contributed by atoms with E-state index in [2.05, 4.69) is 43.8 Å². The molecule has 1 aliphatic rings. The van der Waals surface area contributed by atoms with Crippen molar-refractivity contribution >= 4 is 44.4 Å². The molecule has 5 heteroatoms. The van der Waals surface area contributed by atoms with Crippen molar-refractivity contribution in [1.29, 1.82) is 0 Å². The number of rotatable bonds is 3. The summed E-state index contributed by atoms with van der Waals surface area (Å²) >= 11 is 5.60. The second kappa shape index (κ2) is 7.04. The van der Waals surface area contributed by atoms with E-state index < -0.39 is 0 Å². The second-order valence-corrected chi connectivity index (χ2v) is 7.12. The maximum atomic E-state index is 12.1. The van der Waals surface area contributed by atoms with Crippen LogP contribution in [0.3, 0.4) is 0 Å². The van der Waals surface area contributed by atoms with Crippen molar-refractivity contribution < 1.29 is 9.90 Å². The van der Waals surface area contributed by atoms with Gasteiger partial charge in [-0.15, -0.1) is 0 Å². The molecule has 2 atom stereocenters. The maximum Gasteiger partial charge on any atom is 0.252 e. The van der Waals surface area contributed by atoms with Crippen LogP contribution in [0.2, 0.25) is 0 Å². The van der Waals surface area contributed by atoms with Crippen LogP contribution in [0.4, 0.5) is 0 Å². The van der Waals surface area contributed by atoms with Crippen molar-refractivity contribution in [3.8, 4) is 0 Å². The number of benzene rings is 1. The molecule has 0 radical (unpaired) electrons. The Labute approximate surface area is 135 Å². The topological polar surface area (TPSA) is 49.3 Å². The molecular formula is C14H17BrINO2. The van der Waals surface area contributed by atoms with Crippen molar-refractivity contribution in [2.45, 2.75) is 31.8 Å². The van der Waals surface area contributed by atoms with Crippen molar-refractivity contribution in [1.82, 2.24) is 5.32 Å². The number of hydrogen-bond acceptors (Lipinski definition) is 2. The third kappa shape index (κ3) is 4.43. The Morgan fingerprint density at radius 1 is 1.47 bits per heavy atom. The van der Waals surface area contributed by atoms with Gasteiger partial charge in [0.05, 0.1) is 11.7 Å². The molecule has 3 nitrogen and oxygen atoms in total. The average Bonchev–Trinajstić information content (AvgIpc) is 2.39. The van der Waals surface area contributed by atoms with E-state index >= 15 is 0 Å². The largest absolute Gasteiger partial charge is 0.393 e. The van der Waals surface area contributed by atoms with E-state index in [1.165, 1.54) is 0 Å². The molecule has 1 aliphatic carbocycles. The minimum atomic E-state index is -0.194. The molecule has 2 rings (SSSR count). The molecule has 1 saturated carbocycles. The second-order valence-electron chi connectivity index (χ2n) is 5.02. The first-order valence-corrected chi connectivity index (χ1v) is 8.34. The van der Waals surface area contributed by atoms with Gasteiger partial charge in [0.15, 0.2) is 0 Å². The minimum Gasteiger partial charge on any atom is -0.393 e. The highest BCUT2D eigenvalue weighted by Crippen LogP contribution is 2.24. The maximum absolute atomic E-state index is 12.1. The van der Waals surface area contributed by atoms with Crippen molar-refractivity contribution in [2.24, 2.45) is 5.92 Å². The molecule has 0 saturated heterocycles. The molecule has 1 aromatic carbocycles. The van der Waals surface area contributed by atoms with Gasteiger partial charge < -0.3 is 10.4 Å². The number of aliphatic hydroxyl groups excluding tert-OH is 1.